The molecule has 1 aliphatic rings. The lowest BCUT2D eigenvalue weighted by molar-refractivity contribution is 0.325. The summed E-state index contributed by atoms with van der Waals surface area (Å²) in [6.07, 6.45) is -1.31. The van der Waals surface area contributed by atoms with Crippen LogP contribution in [0, 0.1) is 11.6 Å². The molecule has 1 aliphatic heterocycles. The number of rotatable bonds is 1. The molecule has 18 heavy (non-hydrogen) atoms. The van der Waals surface area contributed by atoms with Crippen LogP contribution in [0.2, 0.25) is 0 Å². The molecule has 0 spiro atoms. The molecule has 0 amide bonds. The highest BCUT2D eigenvalue weighted by molar-refractivity contribution is 9.10. The van der Waals surface area contributed by atoms with Crippen molar-refractivity contribution in [3.63, 3.8) is 0 Å². The molecule has 7 heteroatoms. The number of aromatic nitrogens is 3. The van der Waals surface area contributed by atoms with Crippen LogP contribution in [0.25, 0.3) is 0 Å². The Hall–Kier alpha value is -1.37. The zero-order chi connectivity index (χ0) is 12.9. The smallest absolute Gasteiger partial charge is 0.217 e. The average Bonchev–Trinajstić information content (AvgIpc) is 2.83. The number of halogens is 4. The van der Waals surface area contributed by atoms with Crippen molar-refractivity contribution in [2.75, 3.05) is 0 Å². The van der Waals surface area contributed by atoms with Crippen molar-refractivity contribution >= 4 is 15.9 Å². The van der Waals surface area contributed by atoms with E-state index in [4.69, 9.17) is 0 Å². The van der Waals surface area contributed by atoms with Gasteiger partial charge in [-0.05, 0) is 22.0 Å². The number of benzene rings is 1. The minimum Gasteiger partial charge on any atom is -0.239 e. The van der Waals surface area contributed by atoms with E-state index in [1.165, 1.54) is 16.8 Å². The summed E-state index contributed by atoms with van der Waals surface area (Å²) < 4.78 is 42.2. The molecule has 2 heterocycles. The maximum atomic E-state index is 13.7. The van der Waals surface area contributed by atoms with Crippen LogP contribution in [0.15, 0.2) is 22.9 Å². The van der Waals surface area contributed by atoms with Crippen LogP contribution in [-0.4, -0.2) is 14.8 Å². The van der Waals surface area contributed by atoms with Gasteiger partial charge in [-0.2, -0.15) is 0 Å². The van der Waals surface area contributed by atoms with E-state index in [-0.39, 0.29) is 22.5 Å². The number of alkyl halides is 1. The maximum absolute atomic E-state index is 13.7. The highest BCUT2D eigenvalue weighted by Crippen LogP contribution is 2.40. The van der Waals surface area contributed by atoms with E-state index < -0.39 is 23.8 Å². The normalized spacial score (nSPS) is 22.2. The quantitative estimate of drug-likeness (QED) is 0.807. The number of hydrogen-bond donors (Lipinski definition) is 0. The van der Waals surface area contributed by atoms with Crippen LogP contribution in [0.3, 0.4) is 0 Å². The Morgan fingerprint density at radius 3 is 2.89 bits per heavy atom. The molecule has 0 saturated heterocycles. The number of nitrogens with zero attached hydrogens (tertiary/aromatic N) is 3. The van der Waals surface area contributed by atoms with Gasteiger partial charge in [0.25, 0.3) is 0 Å². The van der Waals surface area contributed by atoms with Gasteiger partial charge < -0.3 is 0 Å². The van der Waals surface area contributed by atoms with Crippen LogP contribution in [0.4, 0.5) is 13.2 Å². The topological polar surface area (TPSA) is 30.7 Å². The van der Waals surface area contributed by atoms with Gasteiger partial charge in [0, 0.05) is 12.0 Å². The second-order valence-corrected chi connectivity index (χ2v) is 4.75. The first kappa shape index (κ1) is 11.7. The molecule has 2 atom stereocenters. The summed E-state index contributed by atoms with van der Waals surface area (Å²) in [4.78, 5) is 3.88. The first-order chi connectivity index (χ1) is 8.58. The fraction of sp³-hybridized carbons (Fsp3) is 0.273. The van der Waals surface area contributed by atoms with E-state index in [2.05, 4.69) is 26.0 Å². The lowest BCUT2D eigenvalue weighted by atomic mass is 10.0. The van der Waals surface area contributed by atoms with Crippen LogP contribution >= 0.6 is 15.9 Å². The first-order valence-corrected chi connectivity index (χ1v) is 6.07. The van der Waals surface area contributed by atoms with Crippen LogP contribution < -0.4 is 0 Å². The molecule has 3 rings (SSSR count). The lowest BCUT2D eigenvalue weighted by Gasteiger charge is -2.12. The van der Waals surface area contributed by atoms with Crippen molar-refractivity contribution in [3.05, 3.63) is 46.0 Å². The Morgan fingerprint density at radius 2 is 2.11 bits per heavy atom. The van der Waals surface area contributed by atoms with Crippen molar-refractivity contribution in [1.29, 1.82) is 0 Å². The van der Waals surface area contributed by atoms with E-state index in [1.807, 2.05) is 0 Å². The Kier molecular flexibility index (Phi) is 2.65. The van der Waals surface area contributed by atoms with Gasteiger partial charge >= 0.3 is 0 Å². The van der Waals surface area contributed by atoms with Gasteiger partial charge in [0.05, 0.1) is 6.04 Å². The molecular formula is C11H7BrF3N3. The molecule has 1 aromatic carbocycles. The molecule has 0 saturated carbocycles. The zero-order valence-electron chi connectivity index (χ0n) is 8.95. The Labute approximate surface area is 109 Å². The zero-order valence-corrected chi connectivity index (χ0v) is 10.5. The minimum atomic E-state index is -1.32. The van der Waals surface area contributed by atoms with Gasteiger partial charge in [-0.25, -0.2) is 22.8 Å². The fourth-order valence-corrected chi connectivity index (χ4v) is 2.54. The summed E-state index contributed by atoms with van der Waals surface area (Å²) in [5.74, 6) is -1.78. The largest absolute Gasteiger partial charge is 0.239 e. The Morgan fingerprint density at radius 1 is 1.33 bits per heavy atom. The molecule has 94 valence electrons. The lowest BCUT2D eigenvalue weighted by Crippen LogP contribution is -2.10. The van der Waals surface area contributed by atoms with Crippen molar-refractivity contribution in [3.8, 4) is 0 Å². The van der Waals surface area contributed by atoms with E-state index >= 15 is 0 Å². The molecule has 0 radical (unpaired) electrons. The molecule has 0 unspecified atom stereocenters. The van der Waals surface area contributed by atoms with Crippen LogP contribution in [0.5, 0.6) is 0 Å². The molecule has 2 aromatic rings. The predicted molar refractivity (Wildman–Crippen MR) is 60.7 cm³/mol. The van der Waals surface area contributed by atoms with Gasteiger partial charge in [0.2, 0.25) is 4.73 Å². The van der Waals surface area contributed by atoms with Crippen LogP contribution in [0.1, 0.15) is 30.0 Å². The summed E-state index contributed by atoms with van der Waals surface area (Å²) >= 11 is 3.04. The maximum Gasteiger partial charge on any atom is 0.217 e. The highest BCUT2D eigenvalue weighted by Gasteiger charge is 2.36. The molecule has 3 nitrogen and oxygen atoms in total. The second-order valence-electron chi connectivity index (χ2n) is 4.05. The van der Waals surface area contributed by atoms with E-state index in [0.29, 0.717) is 0 Å². The average molecular weight is 318 g/mol. The first-order valence-electron chi connectivity index (χ1n) is 5.28. The van der Waals surface area contributed by atoms with Crippen molar-refractivity contribution in [2.45, 2.75) is 18.6 Å². The third-order valence-electron chi connectivity index (χ3n) is 2.98. The third-order valence-corrected chi connectivity index (χ3v) is 3.31. The Balaban J connectivity index is 2.11. The summed E-state index contributed by atoms with van der Waals surface area (Å²) in [5, 5.41) is 3.96. The molecule has 1 aromatic heterocycles. The number of hydrogen-bond acceptors (Lipinski definition) is 2. The minimum absolute atomic E-state index is 0.0169. The molecular weight excluding hydrogens is 311 g/mol. The summed E-state index contributed by atoms with van der Waals surface area (Å²) in [6.45, 7) is 0. The fourth-order valence-electron chi connectivity index (χ4n) is 2.19. The second kappa shape index (κ2) is 4.08. The third kappa shape index (κ3) is 1.65. The van der Waals surface area contributed by atoms with Crippen molar-refractivity contribution in [1.82, 2.24) is 14.8 Å². The Bertz CT molecular complexity index is 614. The van der Waals surface area contributed by atoms with E-state index in [9.17, 15) is 13.2 Å². The standard InChI is InChI=1S/C11H7BrF3N3/c12-11-16-10-7(14)4-8(18(10)17-11)5-2-1-3-6(13)9(5)15/h1-3,7-8H,4H2/t7-,8-/m0/s1. The molecule has 0 fully saturated rings. The number of fused-ring (bicyclic) bond motifs is 1. The van der Waals surface area contributed by atoms with Gasteiger partial charge in [-0.3, -0.25) is 0 Å². The van der Waals surface area contributed by atoms with Gasteiger partial charge in [0.1, 0.15) is 0 Å². The highest BCUT2D eigenvalue weighted by atomic mass is 79.9. The SMILES string of the molecule is Fc1cccc([C@@H]2C[C@H](F)c3nc(Br)nn32)c1F. The molecule has 0 bridgehead atoms. The van der Waals surface area contributed by atoms with Gasteiger partial charge in [-0.1, -0.05) is 12.1 Å². The molecule has 0 N–H and O–H groups in total. The summed E-state index contributed by atoms with van der Waals surface area (Å²) in [5.41, 5.74) is 0.0915. The predicted octanol–water partition coefficient (Wildman–Crippen LogP) is 3.32. The van der Waals surface area contributed by atoms with Gasteiger partial charge in [0.15, 0.2) is 23.6 Å². The monoisotopic (exact) mass is 317 g/mol. The van der Waals surface area contributed by atoms with Crippen LogP contribution in [-0.2, 0) is 0 Å². The van der Waals surface area contributed by atoms with Crippen molar-refractivity contribution < 1.29 is 13.2 Å². The molecule has 0 aliphatic carbocycles. The van der Waals surface area contributed by atoms with E-state index in [1.54, 1.807) is 0 Å². The van der Waals surface area contributed by atoms with Crippen molar-refractivity contribution in [2.24, 2.45) is 0 Å². The van der Waals surface area contributed by atoms with Gasteiger partial charge in [-0.15, -0.1) is 5.10 Å². The summed E-state index contributed by atoms with van der Waals surface area (Å²) in [6, 6.07) is 3.19. The summed E-state index contributed by atoms with van der Waals surface area (Å²) in [7, 11) is 0. The van der Waals surface area contributed by atoms with E-state index in [0.717, 1.165) is 6.07 Å².